The minimum Gasteiger partial charge on any atom is -0.327 e. The van der Waals surface area contributed by atoms with Gasteiger partial charge >= 0.3 is 0 Å². The summed E-state index contributed by atoms with van der Waals surface area (Å²) in [6.07, 6.45) is 8.69. The number of carbonyl (C=O) groups excluding carboxylic acids is 1. The zero-order valence-corrected chi connectivity index (χ0v) is 13.3. The highest BCUT2D eigenvalue weighted by atomic mass is 16.3. The zero-order valence-electron chi connectivity index (χ0n) is 13.3. The summed E-state index contributed by atoms with van der Waals surface area (Å²) in [5.41, 5.74) is 5.92. The Morgan fingerprint density at radius 3 is 2.55 bits per heavy atom. The molecule has 3 fully saturated rings. The van der Waals surface area contributed by atoms with Crippen molar-refractivity contribution < 1.29 is 4.79 Å². The van der Waals surface area contributed by atoms with Crippen molar-refractivity contribution in [1.82, 2.24) is 4.90 Å². The fourth-order valence-electron chi connectivity index (χ4n) is 3.90. The third-order valence-electron chi connectivity index (χ3n) is 5.62. The predicted octanol–water partition coefficient (Wildman–Crippen LogP) is 2.18. The maximum absolute atomic E-state index is 10.4. The Morgan fingerprint density at radius 2 is 2.09 bits per heavy atom. The van der Waals surface area contributed by atoms with Crippen molar-refractivity contribution in [2.24, 2.45) is 22.2 Å². The van der Waals surface area contributed by atoms with Crippen molar-refractivity contribution in [1.29, 1.82) is 5.26 Å². The number of hydrogen-bond acceptors (Lipinski definition) is 5. The van der Waals surface area contributed by atoms with Gasteiger partial charge in [0.1, 0.15) is 6.04 Å². The Balaban J connectivity index is 0.000000162. The van der Waals surface area contributed by atoms with E-state index >= 15 is 0 Å². The van der Waals surface area contributed by atoms with Gasteiger partial charge in [0.2, 0.25) is 6.41 Å². The standard InChI is InChI=1S/C9H18N2O.C7H8N2O/c1-8(10)9(7-11-12)5-3-2-4-6-9;8-3-6-1-5-2-7(5)9(6)4-10/h8H,2-7,10H2,1H3;4-7H,1-2H2/t;5-,6+,7+/m.1/s1. The maximum Gasteiger partial charge on any atom is 0.211 e. The Bertz CT molecular complexity index is 440. The quantitative estimate of drug-likeness (QED) is 0.635. The van der Waals surface area contributed by atoms with Crippen molar-refractivity contribution in [2.45, 2.75) is 70.0 Å². The first kappa shape index (κ1) is 16.9. The Hall–Kier alpha value is -1.48. The monoisotopic (exact) mass is 306 g/mol. The molecule has 3 rings (SSSR count). The van der Waals surface area contributed by atoms with Crippen LogP contribution in [0, 0.1) is 27.6 Å². The highest BCUT2D eigenvalue weighted by Crippen LogP contribution is 2.46. The van der Waals surface area contributed by atoms with Gasteiger partial charge in [0.25, 0.3) is 0 Å². The molecule has 1 aliphatic heterocycles. The van der Waals surface area contributed by atoms with Crippen LogP contribution in [0.3, 0.4) is 0 Å². The Morgan fingerprint density at radius 1 is 1.41 bits per heavy atom. The number of nitrogens with zero attached hydrogens (tertiary/aromatic N) is 3. The van der Waals surface area contributed by atoms with Crippen LogP contribution in [0.5, 0.6) is 0 Å². The second-order valence-electron chi connectivity index (χ2n) is 7.00. The molecule has 4 atom stereocenters. The van der Waals surface area contributed by atoms with Gasteiger partial charge in [0.15, 0.2) is 0 Å². The Labute approximate surface area is 132 Å². The summed E-state index contributed by atoms with van der Waals surface area (Å²) in [5, 5.41) is 11.6. The second kappa shape index (κ2) is 7.19. The number of hydrogen-bond donors (Lipinski definition) is 1. The van der Waals surface area contributed by atoms with E-state index in [-0.39, 0.29) is 17.5 Å². The Kier molecular flexibility index (Phi) is 5.52. The topological polar surface area (TPSA) is 99.5 Å². The molecule has 1 unspecified atom stereocenters. The smallest absolute Gasteiger partial charge is 0.211 e. The average Bonchev–Trinajstić information content (AvgIpc) is 3.20. The lowest BCUT2D eigenvalue weighted by molar-refractivity contribution is -0.118. The van der Waals surface area contributed by atoms with Crippen LogP contribution in [0.1, 0.15) is 51.9 Å². The van der Waals surface area contributed by atoms with Gasteiger partial charge in [-0.15, -0.1) is 0 Å². The van der Waals surface area contributed by atoms with Crippen LogP contribution in [0.2, 0.25) is 0 Å². The van der Waals surface area contributed by atoms with E-state index in [0.29, 0.717) is 18.5 Å². The number of rotatable bonds is 4. The summed E-state index contributed by atoms with van der Waals surface area (Å²) in [6, 6.07) is 2.52. The SMILES string of the molecule is CC(N)C1(CN=O)CCCCC1.N#C[C@@H]1C[C@@H]2C[C@@H]2N1C=O. The number of nitroso groups, excluding NO2 is 1. The van der Waals surface area contributed by atoms with Crippen LogP contribution in [0.25, 0.3) is 0 Å². The molecule has 1 saturated heterocycles. The molecular weight excluding hydrogens is 280 g/mol. The van der Waals surface area contributed by atoms with Crippen LogP contribution in [0.15, 0.2) is 5.18 Å². The molecule has 22 heavy (non-hydrogen) atoms. The molecule has 2 saturated carbocycles. The third-order valence-corrected chi connectivity index (χ3v) is 5.62. The van der Waals surface area contributed by atoms with Gasteiger partial charge in [-0.1, -0.05) is 24.4 Å². The van der Waals surface area contributed by atoms with Gasteiger partial charge in [0, 0.05) is 17.5 Å². The van der Waals surface area contributed by atoms with E-state index in [4.69, 9.17) is 11.0 Å². The lowest BCUT2D eigenvalue weighted by atomic mass is 9.70. The minimum atomic E-state index is -0.124. The summed E-state index contributed by atoms with van der Waals surface area (Å²) in [5.74, 6) is 0.648. The highest BCUT2D eigenvalue weighted by Gasteiger charge is 2.51. The number of carbonyl (C=O) groups is 1. The van der Waals surface area contributed by atoms with E-state index in [2.05, 4.69) is 11.2 Å². The van der Waals surface area contributed by atoms with E-state index in [1.807, 2.05) is 6.92 Å². The van der Waals surface area contributed by atoms with Crippen LogP contribution in [-0.2, 0) is 4.79 Å². The molecule has 0 aromatic rings. The minimum absolute atomic E-state index is 0.0278. The molecule has 1 heterocycles. The van der Waals surface area contributed by atoms with Crippen molar-refractivity contribution in [3.8, 4) is 6.07 Å². The van der Waals surface area contributed by atoms with E-state index < -0.39 is 0 Å². The predicted molar refractivity (Wildman–Crippen MR) is 83.6 cm³/mol. The van der Waals surface area contributed by atoms with Gasteiger partial charge in [-0.3, -0.25) is 4.79 Å². The number of nitrogens with two attached hydrogens (primary N) is 1. The summed E-state index contributed by atoms with van der Waals surface area (Å²) < 4.78 is 0. The lowest BCUT2D eigenvalue weighted by Gasteiger charge is -2.38. The fraction of sp³-hybridized carbons (Fsp3) is 0.875. The third kappa shape index (κ3) is 3.46. The molecule has 6 nitrogen and oxygen atoms in total. The highest BCUT2D eigenvalue weighted by molar-refractivity contribution is 5.52. The van der Waals surface area contributed by atoms with Crippen molar-refractivity contribution in [3.63, 3.8) is 0 Å². The molecule has 3 aliphatic rings. The molecule has 2 N–H and O–H groups in total. The van der Waals surface area contributed by atoms with Gasteiger partial charge in [-0.2, -0.15) is 10.2 Å². The molecule has 0 radical (unpaired) electrons. The maximum atomic E-state index is 10.4. The van der Waals surface area contributed by atoms with Crippen LogP contribution < -0.4 is 5.73 Å². The van der Waals surface area contributed by atoms with E-state index in [0.717, 1.165) is 32.1 Å². The molecule has 122 valence electrons. The number of amides is 1. The van der Waals surface area contributed by atoms with Crippen LogP contribution in [-0.4, -0.2) is 36.0 Å². The lowest BCUT2D eigenvalue weighted by Crippen LogP contribution is -2.43. The first-order valence-corrected chi connectivity index (χ1v) is 8.25. The van der Waals surface area contributed by atoms with Crippen molar-refractivity contribution >= 4 is 6.41 Å². The van der Waals surface area contributed by atoms with E-state index in [1.165, 1.54) is 19.3 Å². The molecule has 0 bridgehead atoms. The molecule has 0 aromatic carbocycles. The van der Waals surface area contributed by atoms with Gasteiger partial charge in [-0.05, 0) is 38.5 Å². The molecular formula is C16H26N4O2. The van der Waals surface area contributed by atoms with Crippen molar-refractivity contribution in [3.05, 3.63) is 4.91 Å². The normalized spacial score (nSPS) is 32.8. The molecule has 2 aliphatic carbocycles. The van der Waals surface area contributed by atoms with Crippen molar-refractivity contribution in [2.75, 3.05) is 6.54 Å². The number of likely N-dealkylation sites (tertiary alicyclic amines) is 1. The van der Waals surface area contributed by atoms with Gasteiger partial charge in [-0.25, -0.2) is 0 Å². The van der Waals surface area contributed by atoms with Gasteiger partial charge in [0.05, 0.1) is 12.6 Å². The summed E-state index contributed by atoms with van der Waals surface area (Å²) in [6.45, 7) is 2.40. The van der Waals surface area contributed by atoms with Crippen LogP contribution >= 0.6 is 0 Å². The van der Waals surface area contributed by atoms with Gasteiger partial charge < -0.3 is 10.6 Å². The first-order chi connectivity index (χ1) is 10.6. The number of nitriles is 1. The first-order valence-electron chi connectivity index (χ1n) is 8.25. The molecule has 0 spiro atoms. The van der Waals surface area contributed by atoms with E-state index in [9.17, 15) is 9.70 Å². The summed E-state index contributed by atoms with van der Waals surface area (Å²) in [7, 11) is 0. The second-order valence-corrected chi connectivity index (χ2v) is 7.00. The average molecular weight is 306 g/mol. The zero-order chi connectivity index (χ0) is 16.2. The fourth-order valence-corrected chi connectivity index (χ4v) is 3.90. The summed E-state index contributed by atoms with van der Waals surface area (Å²) >= 11 is 0. The van der Waals surface area contributed by atoms with E-state index in [1.54, 1.807) is 4.90 Å². The molecule has 6 heteroatoms. The molecule has 1 amide bonds. The molecule has 0 aromatic heterocycles. The number of piperidine rings is 1. The largest absolute Gasteiger partial charge is 0.327 e. The summed E-state index contributed by atoms with van der Waals surface area (Å²) in [4.78, 5) is 22.3. The number of fused-ring (bicyclic) bond motifs is 1. The van der Waals surface area contributed by atoms with Crippen LogP contribution in [0.4, 0.5) is 0 Å².